The lowest BCUT2D eigenvalue weighted by Gasteiger charge is -2.40. The maximum Gasteiger partial charge on any atom is 0.126 e. The van der Waals surface area contributed by atoms with Gasteiger partial charge in [-0.2, -0.15) is 0 Å². The van der Waals surface area contributed by atoms with Gasteiger partial charge in [-0.1, -0.05) is 37.8 Å². The van der Waals surface area contributed by atoms with Gasteiger partial charge in [0.1, 0.15) is 5.82 Å². The predicted octanol–water partition coefficient (Wildman–Crippen LogP) is 3.52. The minimum atomic E-state index is 0.105. The Kier molecular flexibility index (Phi) is 5.42. The molecular weight excluding hydrogens is 386 g/mol. The zero-order valence-electron chi connectivity index (χ0n) is 18.1. The van der Waals surface area contributed by atoms with Crippen molar-refractivity contribution < 1.29 is 5.11 Å². The summed E-state index contributed by atoms with van der Waals surface area (Å²) in [6, 6.07) is 13.4. The van der Waals surface area contributed by atoms with Crippen LogP contribution < -0.4 is 5.32 Å². The van der Waals surface area contributed by atoms with Gasteiger partial charge in [0.15, 0.2) is 0 Å². The fourth-order valence-electron chi connectivity index (χ4n) is 4.98. The second-order valence-corrected chi connectivity index (χ2v) is 8.63. The normalized spacial score (nSPS) is 19.3. The van der Waals surface area contributed by atoms with Gasteiger partial charge < -0.3 is 20.3 Å². The van der Waals surface area contributed by atoms with Crippen LogP contribution in [-0.2, 0) is 6.42 Å². The molecule has 6 heteroatoms. The van der Waals surface area contributed by atoms with Crippen LogP contribution in [0.25, 0.3) is 10.9 Å². The molecular formula is C25H31N5O. The Morgan fingerprint density at radius 2 is 2.10 bits per heavy atom. The molecule has 162 valence electrons. The Balaban J connectivity index is 1.42. The van der Waals surface area contributed by atoms with Crippen LogP contribution in [0.3, 0.4) is 0 Å². The van der Waals surface area contributed by atoms with Crippen molar-refractivity contribution in [3.8, 4) is 0 Å². The number of anilines is 1. The lowest BCUT2D eigenvalue weighted by molar-refractivity contribution is 0.125. The van der Waals surface area contributed by atoms with Crippen LogP contribution in [0.1, 0.15) is 36.2 Å². The van der Waals surface area contributed by atoms with Crippen LogP contribution in [0.15, 0.2) is 54.9 Å². The average Bonchev–Trinajstić information content (AvgIpc) is 3.16. The smallest absolute Gasteiger partial charge is 0.126 e. The molecule has 31 heavy (non-hydrogen) atoms. The number of aromatic nitrogens is 2. The first-order valence-electron chi connectivity index (χ1n) is 11.3. The molecule has 0 saturated carbocycles. The van der Waals surface area contributed by atoms with Crippen LogP contribution in [0.2, 0.25) is 0 Å². The fraction of sp³-hybridized carbons (Fsp3) is 0.400. The zero-order valence-corrected chi connectivity index (χ0v) is 18.1. The number of fused-ring (bicyclic) bond motifs is 3. The number of pyridine rings is 1. The fourth-order valence-corrected chi connectivity index (χ4v) is 4.98. The van der Waals surface area contributed by atoms with Crippen molar-refractivity contribution >= 4 is 16.7 Å². The number of H-pyrrole nitrogens is 1. The van der Waals surface area contributed by atoms with E-state index in [1.807, 2.05) is 6.20 Å². The number of aliphatic hydroxyl groups is 1. The number of hydrogen-bond donors (Lipinski definition) is 3. The average molecular weight is 418 g/mol. The van der Waals surface area contributed by atoms with E-state index in [2.05, 4.69) is 70.0 Å². The van der Waals surface area contributed by atoms with Crippen molar-refractivity contribution in [2.45, 2.75) is 31.8 Å². The SMILES string of the molecule is C=C(CC)N1CCc2c([nH]c3ccccc23)[C@H]1c1ccc(NC2CN(CCO)C2)nc1. The minimum absolute atomic E-state index is 0.105. The van der Waals surface area contributed by atoms with Crippen LogP contribution in [0.5, 0.6) is 0 Å². The number of aliphatic hydroxyl groups excluding tert-OH is 1. The zero-order chi connectivity index (χ0) is 21.4. The summed E-state index contributed by atoms with van der Waals surface area (Å²) in [5, 5.41) is 13.9. The second kappa shape index (κ2) is 8.36. The van der Waals surface area contributed by atoms with Crippen LogP contribution in [-0.4, -0.2) is 63.7 Å². The van der Waals surface area contributed by atoms with E-state index in [1.54, 1.807) is 0 Å². The van der Waals surface area contributed by atoms with Crippen molar-refractivity contribution in [2.75, 3.05) is 38.1 Å². The van der Waals surface area contributed by atoms with Gasteiger partial charge in [0.25, 0.3) is 0 Å². The highest BCUT2D eigenvalue weighted by molar-refractivity contribution is 5.85. The summed E-state index contributed by atoms with van der Waals surface area (Å²) in [6.07, 6.45) is 3.97. The van der Waals surface area contributed by atoms with E-state index < -0.39 is 0 Å². The molecule has 4 heterocycles. The molecule has 1 saturated heterocycles. The molecule has 0 amide bonds. The second-order valence-electron chi connectivity index (χ2n) is 8.63. The number of aromatic amines is 1. The molecule has 6 nitrogen and oxygen atoms in total. The van der Waals surface area contributed by atoms with E-state index in [4.69, 9.17) is 10.1 Å². The Morgan fingerprint density at radius 3 is 2.84 bits per heavy atom. The van der Waals surface area contributed by atoms with E-state index in [0.29, 0.717) is 6.04 Å². The van der Waals surface area contributed by atoms with Crippen molar-refractivity contribution in [3.05, 3.63) is 71.7 Å². The summed E-state index contributed by atoms with van der Waals surface area (Å²) in [5.74, 6) is 0.908. The van der Waals surface area contributed by atoms with Crippen LogP contribution in [0, 0.1) is 0 Å². The number of β-amino-alcohol motifs (C(OH)–C–C–N with tert-alkyl or cyclic N) is 1. The van der Waals surface area contributed by atoms with Crippen molar-refractivity contribution in [2.24, 2.45) is 0 Å². The standard InChI is InChI=1S/C25H31N5O/c1-3-17(2)30-11-10-21-20-6-4-5-7-22(20)28-24(21)25(30)18-8-9-23(26-14-18)27-19-15-29(16-19)12-13-31/h4-9,14,19,25,28,31H,2-3,10-13,15-16H2,1H3,(H,26,27)/t25-/m1/s1. The molecule has 5 rings (SSSR count). The Morgan fingerprint density at radius 1 is 1.26 bits per heavy atom. The number of hydrogen-bond acceptors (Lipinski definition) is 5. The van der Waals surface area contributed by atoms with Crippen LogP contribution >= 0.6 is 0 Å². The molecule has 3 aromatic rings. The predicted molar refractivity (Wildman–Crippen MR) is 125 cm³/mol. The highest BCUT2D eigenvalue weighted by atomic mass is 16.3. The molecule has 0 unspecified atom stereocenters. The Bertz CT molecular complexity index is 1070. The van der Waals surface area contributed by atoms with Gasteiger partial charge in [0, 0.05) is 54.7 Å². The van der Waals surface area contributed by atoms with Crippen molar-refractivity contribution in [1.82, 2.24) is 19.8 Å². The molecule has 2 aromatic heterocycles. The van der Waals surface area contributed by atoms with Gasteiger partial charge in [-0.3, -0.25) is 4.90 Å². The largest absolute Gasteiger partial charge is 0.395 e. The monoisotopic (exact) mass is 417 g/mol. The number of nitrogens with one attached hydrogen (secondary N) is 2. The summed E-state index contributed by atoms with van der Waals surface area (Å²) >= 11 is 0. The van der Waals surface area contributed by atoms with Crippen molar-refractivity contribution in [3.63, 3.8) is 0 Å². The maximum atomic E-state index is 9.04. The summed E-state index contributed by atoms with van der Waals surface area (Å²) < 4.78 is 0. The number of benzene rings is 1. The molecule has 1 aromatic carbocycles. The summed E-state index contributed by atoms with van der Waals surface area (Å²) in [7, 11) is 0. The van der Waals surface area contributed by atoms with Crippen molar-refractivity contribution in [1.29, 1.82) is 0 Å². The van der Waals surface area contributed by atoms with E-state index in [9.17, 15) is 0 Å². The number of likely N-dealkylation sites (tertiary alicyclic amines) is 1. The van der Waals surface area contributed by atoms with E-state index in [-0.39, 0.29) is 12.6 Å². The third-order valence-electron chi connectivity index (χ3n) is 6.68. The molecule has 0 bridgehead atoms. The van der Waals surface area contributed by atoms with E-state index >= 15 is 0 Å². The molecule has 0 aliphatic carbocycles. The quantitative estimate of drug-likeness (QED) is 0.549. The van der Waals surface area contributed by atoms with Gasteiger partial charge in [-0.05, 0) is 36.1 Å². The maximum absolute atomic E-state index is 9.04. The molecule has 1 atom stereocenters. The molecule has 1 fully saturated rings. The number of nitrogens with zero attached hydrogens (tertiary/aromatic N) is 3. The molecule has 3 N–H and O–H groups in total. The van der Waals surface area contributed by atoms with Gasteiger partial charge in [-0.25, -0.2) is 4.98 Å². The van der Waals surface area contributed by atoms with Gasteiger partial charge in [0.2, 0.25) is 0 Å². The van der Waals surface area contributed by atoms with E-state index in [0.717, 1.165) is 50.5 Å². The van der Waals surface area contributed by atoms with Gasteiger partial charge >= 0.3 is 0 Å². The van der Waals surface area contributed by atoms with E-state index in [1.165, 1.54) is 27.7 Å². The lowest BCUT2D eigenvalue weighted by Crippen LogP contribution is -2.55. The summed E-state index contributed by atoms with van der Waals surface area (Å²) in [5.41, 5.74) is 6.23. The summed E-state index contributed by atoms with van der Waals surface area (Å²) in [4.78, 5) is 13.1. The minimum Gasteiger partial charge on any atom is -0.395 e. The third-order valence-corrected chi connectivity index (χ3v) is 6.68. The van der Waals surface area contributed by atoms with Crippen LogP contribution in [0.4, 0.5) is 5.82 Å². The summed E-state index contributed by atoms with van der Waals surface area (Å²) in [6.45, 7) is 10.4. The lowest BCUT2D eigenvalue weighted by atomic mass is 9.92. The highest BCUT2D eigenvalue weighted by Crippen LogP contribution is 2.40. The third kappa shape index (κ3) is 3.70. The number of allylic oxidation sites excluding steroid dienone is 1. The number of rotatable bonds is 7. The first-order chi connectivity index (χ1) is 15.2. The topological polar surface area (TPSA) is 67.4 Å². The molecule has 0 radical (unpaired) electrons. The van der Waals surface area contributed by atoms with Gasteiger partial charge in [0.05, 0.1) is 18.7 Å². The number of para-hydroxylation sites is 1. The molecule has 2 aliphatic heterocycles. The Hall–Kier alpha value is -2.83. The van der Waals surface area contributed by atoms with Gasteiger partial charge in [-0.15, -0.1) is 0 Å². The molecule has 0 spiro atoms. The highest BCUT2D eigenvalue weighted by Gasteiger charge is 2.32. The first-order valence-corrected chi connectivity index (χ1v) is 11.3. The Labute approximate surface area is 183 Å². The first kappa shape index (κ1) is 20.1. The molecule has 2 aliphatic rings.